The van der Waals surface area contributed by atoms with Crippen LogP contribution in [0.4, 0.5) is 5.69 Å². The Bertz CT molecular complexity index is 1060. The number of ether oxygens (including phenoxy) is 1. The molecule has 0 aliphatic heterocycles. The molecule has 1 heterocycles. The van der Waals surface area contributed by atoms with Gasteiger partial charge in [0.1, 0.15) is 11.5 Å². The third-order valence-electron chi connectivity index (χ3n) is 3.74. The highest BCUT2D eigenvalue weighted by atomic mass is 35.5. The minimum absolute atomic E-state index is 0.242. The molecule has 3 rings (SSSR count). The van der Waals surface area contributed by atoms with Crippen LogP contribution in [0.3, 0.4) is 0 Å². The predicted octanol–water partition coefficient (Wildman–Crippen LogP) is 2.95. The number of sulfone groups is 1. The first kappa shape index (κ1) is 18.2. The maximum absolute atomic E-state index is 12.5. The molecule has 136 valence electrons. The lowest BCUT2D eigenvalue weighted by atomic mass is 10.2. The molecule has 0 fully saturated rings. The molecule has 0 unspecified atom stereocenters. The molecule has 1 aromatic heterocycles. The standard InChI is InChI=1S/C17H16ClN3O4S/c1-10-7-14(15(25-2)8-11(10)18)19-16(22)9-26(23,24)17-20-12-5-3-4-6-13(12)21-17/h3-8H,9H2,1-2H3,(H,19,22)(H,20,21). The van der Waals surface area contributed by atoms with Gasteiger partial charge in [0.05, 0.1) is 23.8 Å². The van der Waals surface area contributed by atoms with Crippen LogP contribution in [0.2, 0.25) is 5.02 Å². The van der Waals surface area contributed by atoms with Crippen molar-refractivity contribution in [3.63, 3.8) is 0 Å². The molecule has 7 nitrogen and oxygen atoms in total. The first-order valence-corrected chi connectivity index (χ1v) is 9.64. The molecule has 9 heteroatoms. The summed E-state index contributed by atoms with van der Waals surface area (Å²) < 4.78 is 30.1. The van der Waals surface area contributed by atoms with Crippen molar-refractivity contribution in [1.29, 1.82) is 0 Å². The number of rotatable bonds is 5. The Kier molecular flexibility index (Phi) is 4.88. The third-order valence-corrected chi connectivity index (χ3v) is 5.57. The van der Waals surface area contributed by atoms with E-state index in [1.54, 1.807) is 43.3 Å². The number of carbonyl (C=O) groups is 1. The van der Waals surface area contributed by atoms with Crippen LogP contribution in [-0.4, -0.2) is 37.2 Å². The number of amides is 1. The van der Waals surface area contributed by atoms with Crippen molar-refractivity contribution in [1.82, 2.24) is 9.97 Å². The quantitative estimate of drug-likeness (QED) is 0.694. The number of nitrogens with zero attached hydrogens (tertiary/aromatic N) is 1. The summed E-state index contributed by atoms with van der Waals surface area (Å²) in [6, 6.07) is 10.1. The molecular weight excluding hydrogens is 378 g/mol. The highest BCUT2D eigenvalue weighted by Gasteiger charge is 2.24. The molecule has 0 saturated carbocycles. The number of imidazole rings is 1. The van der Waals surface area contributed by atoms with E-state index in [1.807, 2.05) is 0 Å². The molecule has 0 spiro atoms. The number of anilines is 1. The van der Waals surface area contributed by atoms with Crippen LogP contribution in [0.5, 0.6) is 5.75 Å². The van der Waals surface area contributed by atoms with Crippen molar-refractivity contribution < 1.29 is 17.9 Å². The summed E-state index contributed by atoms with van der Waals surface area (Å²) in [6.45, 7) is 1.77. The number of aryl methyl sites for hydroxylation is 1. The van der Waals surface area contributed by atoms with Crippen LogP contribution in [-0.2, 0) is 14.6 Å². The monoisotopic (exact) mass is 393 g/mol. The molecule has 3 aromatic rings. The Hall–Kier alpha value is -2.58. The van der Waals surface area contributed by atoms with E-state index in [2.05, 4.69) is 15.3 Å². The summed E-state index contributed by atoms with van der Waals surface area (Å²) in [5, 5.41) is 2.78. The second-order valence-electron chi connectivity index (χ2n) is 5.67. The van der Waals surface area contributed by atoms with Gasteiger partial charge in [-0.15, -0.1) is 0 Å². The third kappa shape index (κ3) is 3.66. The number of H-pyrrole nitrogens is 1. The highest BCUT2D eigenvalue weighted by molar-refractivity contribution is 7.92. The van der Waals surface area contributed by atoms with Crippen LogP contribution in [0.15, 0.2) is 41.6 Å². The smallest absolute Gasteiger partial charge is 0.240 e. The van der Waals surface area contributed by atoms with Crippen LogP contribution < -0.4 is 10.1 Å². The van der Waals surface area contributed by atoms with Gasteiger partial charge in [-0.1, -0.05) is 23.7 Å². The first-order valence-electron chi connectivity index (χ1n) is 7.61. The summed E-state index contributed by atoms with van der Waals surface area (Å²) in [5.41, 5.74) is 2.17. The van der Waals surface area contributed by atoms with Crippen molar-refractivity contribution in [3.05, 3.63) is 47.0 Å². The summed E-state index contributed by atoms with van der Waals surface area (Å²) in [7, 11) is -2.49. The summed E-state index contributed by atoms with van der Waals surface area (Å²) >= 11 is 6.03. The van der Waals surface area contributed by atoms with Gasteiger partial charge in [-0.05, 0) is 30.7 Å². The fourth-order valence-corrected chi connectivity index (χ4v) is 3.64. The molecule has 0 atom stereocenters. The van der Waals surface area contributed by atoms with E-state index in [1.165, 1.54) is 7.11 Å². The zero-order chi connectivity index (χ0) is 18.9. The molecule has 2 N–H and O–H groups in total. The van der Waals surface area contributed by atoms with E-state index in [-0.39, 0.29) is 5.16 Å². The number of hydrogen-bond acceptors (Lipinski definition) is 5. The zero-order valence-corrected chi connectivity index (χ0v) is 15.6. The molecule has 1 amide bonds. The summed E-state index contributed by atoms with van der Waals surface area (Å²) in [6.07, 6.45) is 0. The molecule has 0 bridgehead atoms. The average Bonchev–Trinajstić information content (AvgIpc) is 3.02. The summed E-state index contributed by atoms with van der Waals surface area (Å²) in [5.74, 6) is -1.11. The van der Waals surface area contributed by atoms with Crippen LogP contribution >= 0.6 is 11.6 Å². The van der Waals surface area contributed by atoms with Gasteiger partial charge < -0.3 is 15.0 Å². The van der Waals surface area contributed by atoms with Crippen molar-refractivity contribution in [2.24, 2.45) is 0 Å². The Labute approximate surface area is 155 Å². The number of halogens is 1. The van der Waals surface area contributed by atoms with E-state index in [4.69, 9.17) is 16.3 Å². The lowest BCUT2D eigenvalue weighted by molar-refractivity contribution is -0.113. The topological polar surface area (TPSA) is 101 Å². The number of carbonyl (C=O) groups excluding carboxylic acids is 1. The fourth-order valence-electron chi connectivity index (χ4n) is 2.43. The number of aromatic nitrogens is 2. The van der Waals surface area contributed by atoms with Crippen LogP contribution in [0, 0.1) is 6.92 Å². The number of benzene rings is 2. The van der Waals surface area contributed by atoms with Gasteiger partial charge in [-0.2, -0.15) is 0 Å². The van der Waals surface area contributed by atoms with Crippen LogP contribution in [0.1, 0.15) is 5.56 Å². The fraction of sp³-hybridized carbons (Fsp3) is 0.176. The predicted molar refractivity (Wildman–Crippen MR) is 99.5 cm³/mol. The van der Waals surface area contributed by atoms with Gasteiger partial charge in [0.15, 0.2) is 0 Å². The van der Waals surface area contributed by atoms with Crippen LogP contribution in [0.25, 0.3) is 11.0 Å². The number of hydrogen-bond donors (Lipinski definition) is 2. The number of methoxy groups -OCH3 is 1. The SMILES string of the molecule is COc1cc(Cl)c(C)cc1NC(=O)CS(=O)(=O)c1nc2ccccc2[nH]1. The van der Waals surface area contributed by atoms with Gasteiger partial charge in [-0.3, -0.25) is 4.79 Å². The molecule has 0 aliphatic rings. The van der Waals surface area contributed by atoms with Crippen molar-refractivity contribution >= 4 is 44.1 Å². The molecule has 26 heavy (non-hydrogen) atoms. The lowest BCUT2D eigenvalue weighted by Crippen LogP contribution is -2.24. The maximum atomic E-state index is 12.5. The normalized spacial score (nSPS) is 11.5. The van der Waals surface area contributed by atoms with E-state index in [0.717, 1.165) is 5.56 Å². The minimum atomic E-state index is -3.92. The van der Waals surface area contributed by atoms with E-state index in [9.17, 15) is 13.2 Å². The molecule has 2 aromatic carbocycles. The lowest BCUT2D eigenvalue weighted by Gasteiger charge is -2.12. The van der Waals surface area contributed by atoms with Gasteiger partial charge in [0.2, 0.25) is 20.9 Å². The Morgan fingerprint density at radius 1 is 1.31 bits per heavy atom. The highest BCUT2D eigenvalue weighted by Crippen LogP contribution is 2.31. The molecule has 0 aliphatic carbocycles. The second kappa shape index (κ2) is 6.97. The number of nitrogens with one attached hydrogen (secondary N) is 2. The second-order valence-corrected chi connectivity index (χ2v) is 7.98. The van der Waals surface area contributed by atoms with Gasteiger partial charge >= 0.3 is 0 Å². The van der Waals surface area contributed by atoms with Crippen molar-refractivity contribution in [2.75, 3.05) is 18.2 Å². The minimum Gasteiger partial charge on any atom is -0.495 e. The number of fused-ring (bicyclic) bond motifs is 1. The van der Waals surface area contributed by atoms with Crippen molar-refractivity contribution in [2.45, 2.75) is 12.1 Å². The Balaban J connectivity index is 1.82. The van der Waals surface area contributed by atoms with Gasteiger partial charge in [0.25, 0.3) is 0 Å². The maximum Gasteiger partial charge on any atom is 0.240 e. The van der Waals surface area contributed by atoms with Crippen molar-refractivity contribution in [3.8, 4) is 5.75 Å². The molecule has 0 saturated heterocycles. The van der Waals surface area contributed by atoms with Gasteiger partial charge in [0, 0.05) is 11.1 Å². The molecule has 0 radical (unpaired) electrons. The first-order chi connectivity index (χ1) is 12.3. The Morgan fingerprint density at radius 3 is 2.73 bits per heavy atom. The largest absolute Gasteiger partial charge is 0.495 e. The number of aromatic amines is 1. The zero-order valence-electron chi connectivity index (χ0n) is 14.0. The van der Waals surface area contributed by atoms with E-state index >= 15 is 0 Å². The van der Waals surface area contributed by atoms with Gasteiger partial charge in [-0.25, -0.2) is 13.4 Å². The number of para-hydroxylation sites is 2. The Morgan fingerprint density at radius 2 is 2.04 bits per heavy atom. The average molecular weight is 394 g/mol. The molecular formula is C17H16ClN3O4S. The van der Waals surface area contributed by atoms with E-state index in [0.29, 0.717) is 27.5 Å². The summed E-state index contributed by atoms with van der Waals surface area (Å²) in [4.78, 5) is 19.0. The van der Waals surface area contributed by atoms with E-state index < -0.39 is 21.5 Å².